The second-order valence-electron chi connectivity index (χ2n) is 8.55. The number of nitrogens with two attached hydrogens (primary N) is 1. The minimum atomic E-state index is 0.0133. The molecule has 0 saturated carbocycles. The van der Waals surface area contributed by atoms with E-state index in [-0.39, 0.29) is 17.9 Å². The van der Waals surface area contributed by atoms with E-state index in [2.05, 4.69) is 53.2 Å². The van der Waals surface area contributed by atoms with Crippen LogP contribution < -0.4 is 5.73 Å². The van der Waals surface area contributed by atoms with Crippen LogP contribution in [-0.2, 0) is 19.4 Å². The van der Waals surface area contributed by atoms with Crippen LogP contribution in [0.4, 0.5) is 5.95 Å². The summed E-state index contributed by atoms with van der Waals surface area (Å²) >= 11 is 0. The quantitative estimate of drug-likeness (QED) is 0.862. The van der Waals surface area contributed by atoms with Crippen LogP contribution in [-0.4, -0.2) is 46.3 Å². The molecule has 2 aromatic rings. The summed E-state index contributed by atoms with van der Waals surface area (Å²) in [5, 5.41) is 0. The van der Waals surface area contributed by atoms with Gasteiger partial charge in [0, 0.05) is 24.3 Å². The Morgan fingerprint density at radius 1 is 1.10 bits per heavy atom. The molecular formula is C23H31N5O. The number of hydrogen-bond acceptors (Lipinski definition) is 5. The predicted molar refractivity (Wildman–Crippen MR) is 115 cm³/mol. The van der Waals surface area contributed by atoms with Gasteiger partial charge in [0.15, 0.2) is 0 Å². The molecule has 1 aliphatic heterocycles. The standard InChI is InChI=1S/C23H31N5O/c1-27(2)15-16-10-12-17(13-11-16)20-9-5-6-14-28(20)22(29)21-18-7-3-4-8-19(18)25-23(24)26-21/h10-13,20H,3-9,14-15H2,1-2H3,(H2,24,25,26)/t20-/m1/s1. The van der Waals surface area contributed by atoms with E-state index in [1.165, 1.54) is 11.1 Å². The van der Waals surface area contributed by atoms with E-state index in [1.54, 1.807) is 0 Å². The molecule has 1 atom stereocenters. The zero-order valence-electron chi connectivity index (χ0n) is 17.5. The van der Waals surface area contributed by atoms with Gasteiger partial charge in [-0.25, -0.2) is 9.97 Å². The lowest BCUT2D eigenvalue weighted by atomic mass is 9.91. The topological polar surface area (TPSA) is 75.3 Å². The third-order valence-electron chi connectivity index (χ3n) is 6.03. The number of piperidine rings is 1. The highest BCUT2D eigenvalue weighted by atomic mass is 16.2. The van der Waals surface area contributed by atoms with Crippen LogP contribution in [0, 0.1) is 0 Å². The van der Waals surface area contributed by atoms with Crippen LogP contribution >= 0.6 is 0 Å². The van der Waals surface area contributed by atoms with Crippen molar-refractivity contribution in [3.63, 3.8) is 0 Å². The number of carbonyl (C=O) groups is 1. The highest BCUT2D eigenvalue weighted by Gasteiger charge is 2.32. The van der Waals surface area contributed by atoms with Crippen molar-refractivity contribution in [2.75, 3.05) is 26.4 Å². The molecule has 2 N–H and O–H groups in total. The number of rotatable bonds is 4. The molecule has 2 aliphatic rings. The van der Waals surface area contributed by atoms with Gasteiger partial charge < -0.3 is 15.5 Å². The summed E-state index contributed by atoms with van der Waals surface area (Å²) in [5.41, 5.74) is 11.0. The highest BCUT2D eigenvalue weighted by molar-refractivity contribution is 5.94. The molecule has 1 aromatic heterocycles. The lowest BCUT2D eigenvalue weighted by Gasteiger charge is -2.36. The Labute approximate surface area is 173 Å². The lowest BCUT2D eigenvalue weighted by molar-refractivity contribution is 0.0603. The van der Waals surface area contributed by atoms with Gasteiger partial charge in [0.1, 0.15) is 5.69 Å². The minimum Gasteiger partial charge on any atom is -0.368 e. The molecule has 1 aromatic carbocycles. The summed E-state index contributed by atoms with van der Waals surface area (Å²) in [5.74, 6) is 0.231. The lowest BCUT2D eigenvalue weighted by Crippen LogP contribution is -2.39. The van der Waals surface area contributed by atoms with Crippen LogP contribution in [0.1, 0.15) is 71.0 Å². The molecular weight excluding hydrogens is 362 g/mol. The summed E-state index contributed by atoms with van der Waals surface area (Å²) in [6.07, 6.45) is 7.09. The first-order valence-corrected chi connectivity index (χ1v) is 10.7. The van der Waals surface area contributed by atoms with Gasteiger partial charge in [-0.3, -0.25) is 4.79 Å². The molecule has 1 fully saturated rings. The third-order valence-corrected chi connectivity index (χ3v) is 6.03. The molecule has 154 valence electrons. The van der Waals surface area contributed by atoms with Gasteiger partial charge in [0.25, 0.3) is 5.91 Å². The van der Waals surface area contributed by atoms with Crippen molar-refractivity contribution in [2.45, 2.75) is 57.5 Å². The number of nitrogens with zero attached hydrogens (tertiary/aromatic N) is 4. The fourth-order valence-corrected chi connectivity index (χ4v) is 4.66. The van der Waals surface area contributed by atoms with Crippen molar-refractivity contribution in [2.24, 2.45) is 0 Å². The second kappa shape index (κ2) is 8.49. The van der Waals surface area contributed by atoms with Gasteiger partial charge in [-0.15, -0.1) is 0 Å². The number of aromatic nitrogens is 2. The first-order chi connectivity index (χ1) is 14.0. The number of hydrogen-bond donors (Lipinski definition) is 1. The highest BCUT2D eigenvalue weighted by Crippen LogP contribution is 2.33. The molecule has 29 heavy (non-hydrogen) atoms. The van der Waals surface area contributed by atoms with Crippen molar-refractivity contribution < 1.29 is 4.79 Å². The number of benzene rings is 1. The van der Waals surface area contributed by atoms with Crippen LogP contribution in [0.3, 0.4) is 0 Å². The van der Waals surface area contributed by atoms with Gasteiger partial charge in [-0.05, 0) is 70.2 Å². The van der Waals surface area contributed by atoms with Gasteiger partial charge in [0.2, 0.25) is 5.95 Å². The maximum absolute atomic E-state index is 13.6. The number of nitrogen functional groups attached to an aromatic ring is 1. The van der Waals surface area contributed by atoms with Gasteiger partial charge in [-0.1, -0.05) is 24.3 Å². The van der Waals surface area contributed by atoms with Gasteiger partial charge in [-0.2, -0.15) is 0 Å². The number of likely N-dealkylation sites (tertiary alicyclic amines) is 1. The first-order valence-electron chi connectivity index (χ1n) is 10.7. The Morgan fingerprint density at radius 2 is 1.86 bits per heavy atom. The van der Waals surface area contributed by atoms with E-state index in [0.29, 0.717) is 5.69 Å². The molecule has 0 unspecified atom stereocenters. The van der Waals surface area contributed by atoms with E-state index >= 15 is 0 Å². The molecule has 6 nitrogen and oxygen atoms in total. The van der Waals surface area contributed by atoms with Crippen LogP contribution in [0.5, 0.6) is 0 Å². The molecule has 0 bridgehead atoms. The van der Waals surface area contributed by atoms with Crippen molar-refractivity contribution >= 4 is 11.9 Å². The zero-order valence-corrected chi connectivity index (χ0v) is 17.5. The van der Waals surface area contributed by atoms with E-state index in [4.69, 9.17) is 5.73 Å². The number of carbonyl (C=O) groups excluding carboxylic acids is 1. The fourth-order valence-electron chi connectivity index (χ4n) is 4.66. The normalized spacial score (nSPS) is 19.3. The van der Waals surface area contributed by atoms with Crippen molar-refractivity contribution in [1.29, 1.82) is 0 Å². The minimum absolute atomic E-state index is 0.0133. The average molecular weight is 394 g/mol. The Balaban J connectivity index is 1.63. The SMILES string of the molecule is CN(C)Cc1ccc([C@H]2CCCCN2C(=O)c2nc(N)nc3c2CCCC3)cc1. The Bertz CT molecular complexity index is 878. The molecule has 1 amide bonds. The van der Waals surface area contributed by atoms with Crippen molar-refractivity contribution in [1.82, 2.24) is 19.8 Å². The second-order valence-corrected chi connectivity index (χ2v) is 8.55. The third kappa shape index (κ3) is 4.27. The molecule has 1 aliphatic carbocycles. The van der Waals surface area contributed by atoms with Gasteiger partial charge >= 0.3 is 0 Å². The predicted octanol–water partition coefficient (Wildman–Crippen LogP) is 3.37. The molecule has 4 rings (SSSR count). The Hall–Kier alpha value is -2.47. The van der Waals surface area contributed by atoms with Crippen LogP contribution in [0.15, 0.2) is 24.3 Å². The monoisotopic (exact) mass is 393 g/mol. The smallest absolute Gasteiger partial charge is 0.273 e. The van der Waals surface area contributed by atoms with Crippen molar-refractivity contribution in [3.05, 3.63) is 52.3 Å². The summed E-state index contributed by atoms with van der Waals surface area (Å²) in [6.45, 7) is 1.68. The summed E-state index contributed by atoms with van der Waals surface area (Å²) < 4.78 is 0. The molecule has 0 spiro atoms. The first kappa shape index (κ1) is 19.8. The Kier molecular flexibility index (Phi) is 5.81. The Morgan fingerprint density at radius 3 is 2.62 bits per heavy atom. The summed E-state index contributed by atoms with van der Waals surface area (Å²) in [6, 6.07) is 8.81. The van der Waals surface area contributed by atoms with E-state index in [9.17, 15) is 4.79 Å². The van der Waals surface area contributed by atoms with E-state index < -0.39 is 0 Å². The number of amides is 1. The largest absolute Gasteiger partial charge is 0.368 e. The number of anilines is 1. The van der Waals surface area contributed by atoms with E-state index in [1.807, 2.05) is 4.90 Å². The zero-order chi connectivity index (χ0) is 20.4. The van der Waals surface area contributed by atoms with E-state index in [0.717, 1.165) is 69.3 Å². The molecule has 2 heterocycles. The number of aryl methyl sites for hydroxylation is 1. The fraction of sp³-hybridized carbons (Fsp3) is 0.522. The molecule has 6 heteroatoms. The maximum Gasteiger partial charge on any atom is 0.273 e. The average Bonchev–Trinajstić information content (AvgIpc) is 2.73. The number of fused-ring (bicyclic) bond motifs is 1. The van der Waals surface area contributed by atoms with Crippen molar-refractivity contribution in [3.8, 4) is 0 Å². The summed E-state index contributed by atoms with van der Waals surface area (Å²) in [4.78, 5) is 26.6. The molecule has 1 saturated heterocycles. The van der Waals surface area contributed by atoms with Gasteiger partial charge in [0.05, 0.1) is 6.04 Å². The van der Waals surface area contributed by atoms with Crippen LogP contribution in [0.2, 0.25) is 0 Å². The molecule has 0 radical (unpaired) electrons. The maximum atomic E-state index is 13.6. The summed E-state index contributed by atoms with van der Waals surface area (Å²) in [7, 11) is 4.15. The van der Waals surface area contributed by atoms with Crippen LogP contribution in [0.25, 0.3) is 0 Å².